The molecule has 1 aromatic carbocycles. The third kappa shape index (κ3) is 3.32. The Morgan fingerprint density at radius 3 is 2.17 bits per heavy atom. The van der Waals surface area contributed by atoms with Gasteiger partial charge in [-0.2, -0.15) is 0 Å². The zero-order chi connectivity index (χ0) is 16.4. The van der Waals surface area contributed by atoms with E-state index in [0.29, 0.717) is 25.9 Å². The molecule has 1 aliphatic heterocycles. The van der Waals surface area contributed by atoms with Crippen molar-refractivity contribution < 1.29 is 18.7 Å². The van der Waals surface area contributed by atoms with Crippen LogP contribution in [0.25, 0.3) is 0 Å². The smallest absolute Gasteiger partial charge is 0.256 e. The number of nitrogens with zero attached hydrogens (tertiary/aromatic N) is 1. The molecule has 0 spiro atoms. The number of benzene rings is 1. The van der Waals surface area contributed by atoms with Crippen molar-refractivity contribution >= 4 is 17.3 Å². The molecule has 2 aliphatic rings. The highest BCUT2D eigenvalue weighted by Gasteiger charge is 2.39. The number of amides is 1. The van der Waals surface area contributed by atoms with Gasteiger partial charge in [-0.15, -0.1) is 0 Å². The van der Waals surface area contributed by atoms with Crippen LogP contribution in [0, 0.1) is 11.6 Å². The minimum atomic E-state index is -1.42. The molecule has 6 heteroatoms. The molecule has 1 heterocycles. The van der Waals surface area contributed by atoms with Gasteiger partial charge in [0.25, 0.3) is 5.91 Å². The molecule has 0 aromatic heterocycles. The van der Waals surface area contributed by atoms with Crippen molar-refractivity contribution in [3.8, 4) is 0 Å². The van der Waals surface area contributed by atoms with E-state index in [2.05, 4.69) is 5.32 Å². The molecule has 126 valence electrons. The van der Waals surface area contributed by atoms with E-state index in [1.807, 2.05) is 0 Å². The number of hydrogen-bond donors (Lipinski definition) is 2. The van der Waals surface area contributed by atoms with Crippen LogP contribution in [-0.2, 0) is 4.79 Å². The van der Waals surface area contributed by atoms with Crippen LogP contribution < -0.4 is 10.2 Å². The topological polar surface area (TPSA) is 52.6 Å². The molecule has 0 atom stereocenters. The lowest BCUT2D eigenvalue weighted by Gasteiger charge is -2.29. The van der Waals surface area contributed by atoms with Crippen molar-refractivity contribution in [2.24, 2.45) is 0 Å². The standard InChI is InChI=1S/C17H22F2N2O2/c18-13-10-12(20-16(22)17(23)6-2-3-7-17)11-14(19)15(13)21-8-4-1-5-9-21/h10-11,23H,1-9H2,(H,20,22). The third-order valence-corrected chi connectivity index (χ3v) is 4.80. The fourth-order valence-electron chi connectivity index (χ4n) is 3.49. The number of rotatable bonds is 3. The summed E-state index contributed by atoms with van der Waals surface area (Å²) in [6.45, 7) is 1.28. The molecular formula is C17H22F2N2O2. The first-order valence-corrected chi connectivity index (χ1v) is 8.27. The van der Waals surface area contributed by atoms with Gasteiger partial charge < -0.3 is 15.3 Å². The van der Waals surface area contributed by atoms with Crippen LogP contribution in [0.2, 0.25) is 0 Å². The third-order valence-electron chi connectivity index (χ3n) is 4.80. The lowest BCUT2D eigenvalue weighted by Crippen LogP contribution is -2.40. The Hall–Kier alpha value is -1.69. The first-order chi connectivity index (χ1) is 11.0. The van der Waals surface area contributed by atoms with Crippen LogP contribution >= 0.6 is 0 Å². The van der Waals surface area contributed by atoms with Crippen molar-refractivity contribution in [1.29, 1.82) is 0 Å². The Bertz CT molecular complexity index is 571. The van der Waals surface area contributed by atoms with Crippen molar-refractivity contribution in [2.45, 2.75) is 50.5 Å². The Balaban J connectivity index is 1.78. The van der Waals surface area contributed by atoms with E-state index in [4.69, 9.17) is 0 Å². The van der Waals surface area contributed by atoms with Gasteiger partial charge in [-0.1, -0.05) is 0 Å². The number of carbonyl (C=O) groups is 1. The summed E-state index contributed by atoms with van der Waals surface area (Å²) in [5.74, 6) is -1.94. The zero-order valence-corrected chi connectivity index (χ0v) is 13.1. The molecule has 1 saturated heterocycles. The summed E-state index contributed by atoms with van der Waals surface area (Å²) in [7, 11) is 0. The van der Waals surface area contributed by atoms with Crippen LogP contribution in [0.3, 0.4) is 0 Å². The van der Waals surface area contributed by atoms with Crippen LogP contribution in [0.5, 0.6) is 0 Å². The maximum atomic E-state index is 14.3. The molecule has 1 amide bonds. The number of nitrogens with one attached hydrogen (secondary N) is 1. The molecule has 23 heavy (non-hydrogen) atoms. The maximum absolute atomic E-state index is 14.3. The maximum Gasteiger partial charge on any atom is 0.256 e. The lowest BCUT2D eigenvalue weighted by molar-refractivity contribution is -0.133. The highest BCUT2D eigenvalue weighted by atomic mass is 19.1. The number of halogens is 2. The fourth-order valence-corrected chi connectivity index (χ4v) is 3.49. The average molecular weight is 324 g/mol. The molecule has 2 N–H and O–H groups in total. The zero-order valence-electron chi connectivity index (χ0n) is 13.1. The Labute approximate surface area is 134 Å². The van der Waals surface area contributed by atoms with Gasteiger partial charge in [0, 0.05) is 18.8 Å². The van der Waals surface area contributed by atoms with E-state index in [-0.39, 0.29) is 11.4 Å². The van der Waals surface area contributed by atoms with Crippen LogP contribution in [0.1, 0.15) is 44.9 Å². The summed E-state index contributed by atoms with van der Waals surface area (Å²) < 4.78 is 28.6. The Morgan fingerprint density at radius 2 is 1.61 bits per heavy atom. The van der Waals surface area contributed by atoms with Crippen molar-refractivity contribution in [1.82, 2.24) is 0 Å². The second kappa shape index (κ2) is 6.43. The number of anilines is 2. The molecule has 0 bridgehead atoms. The molecule has 1 aliphatic carbocycles. The largest absolute Gasteiger partial charge is 0.380 e. The minimum Gasteiger partial charge on any atom is -0.380 e. The molecular weight excluding hydrogens is 302 g/mol. The van der Waals surface area contributed by atoms with Gasteiger partial charge in [-0.25, -0.2) is 8.78 Å². The predicted molar refractivity (Wildman–Crippen MR) is 84.5 cm³/mol. The molecule has 4 nitrogen and oxygen atoms in total. The summed E-state index contributed by atoms with van der Waals surface area (Å²) in [6.07, 6.45) is 5.24. The normalized spacial score (nSPS) is 20.6. The molecule has 0 radical (unpaired) electrons. The van der Waals surface area contributed by atoms with Crippen LogP contribution in [0.4, 0.5) is 20.2 Å². The van der Waals surface area contributed by atoms with Crippen LogP contribution in [-0.4, -0.2) is 29.7 Å². The number of aliphatic hydroxyl groups is 1. The summed E-state index contributed by atoms with van der Waals surface area (Å²) >= 11 is 0. The van der Waals surface area contributed by atoms with Crippen molar-refractivity contribution in [3.63, 3.8) is 0 Å². The number of hydrogen-bond acceptors (Lipinski definition) is 3. The summed E-state index contributed by atoms with van der Waals surface area (Å²) in [6, 6.07) is 2.26. The molecule has 2 fully saturated rings. The average Bonchev–Trinajstić information content (AvgIpc) is 2.96. The summed E-state index contributed by atoms with van der Waals surface area (Å²) in [5.41, 5.74) is -1.40. The van der Waals surface area contributed by atoms with Gasteiger partial charge in [-0.3, -0.25) is 4.79 Å². The molecule has 3 rings (SSSR count). The van der Waals surface area contributed by atoms with E-state index < -0.39 is 23.1 Å². The highest BCUT2D eigenvalue weighted by Crippen LogP contribution is 2.32. The first-order valence-electron chi connectivity index (χ1n) is 8.27. The van der Waals surface area contributed by atoms with E-state index in [1.54, 1.807) is 4.90 Å². The van der Waals surface area contributed by atoms with E-state index in [0.717, 1.165) is 44.2 Å². The Morgan fingerprint density at radius 1 is 1.04 bits per heavy atom. The van der Waals surface area contributed by atoms with Gasteiger partial charge in [-0.05, 0) is 57.1 Å². The quantitative estimate of drug-likeness (QED) is 0.898. The van der Waals surface area contributed by atoms with Gasteiger partial charge >= 0.3 is 0 Å². The van der Waals surface area contributed by atoms with Crippen LogP contribution in [0.15, 0.2) is 12.1 Å². The van der Waals surface area contributed by atoms with Crippen molar-refractivity contribution in [3.05, 3.63) is 23.8 Å². The van der Waals surface area contributed by atoms with Gasteiger partial charge in [0.1, 0.15) is 11.3 Å². The van der Waals surface area contributed by atoms with Gasteiger partial charge in [0.15, 0.2) is 11.6 Å². The molecule has 1 aromatic rings. The van der Waals surface area contributed by atoms with E-state index >= 15 is 0 Å². The molecule has 0 unspecified atom stereocenters. The SMILES string of the molecule is O=C(Nc1cc(F)c(N2CCCCC2)c(F)c1)C1(O)CCCC1. The highest BCUT2D eigenvalue weighted by molar-refractivity contribution is 5.97. The summed E-state index contributed by atoms with van der Waals surface area (Å²) in [5, 5.41) is 12.7. The minimum absolute atomic E-state index is 0.0257. The second-order valence-corrected chi connectivity index (χ2v) is 6.53. The Kier molecular flexibility index (Phi) is 4.53. The number of carbonyl (C=O) groups excluding carboxylic acids is 1. The van der Waals surface area contributed by atoms with E-state index in [1.165, 1.54) is 0 Å². The number of piperidine rings is 1. The molecule has 1 saturated carbocycles. The fraction of sp³-hybridized carbons (Fsp3) is 0.588. The van der Waals surface area contributed by atoms with Crippen molar-refractivity contribution in [2.75, 3.05) is 23.3 Å². The summed E-state index contributed by atoms with van der Waals surface area (Å²) in [4.78, 5) is 13.8. The van der Waals surface area contributed by atoms with Gasteiger partial charge in [0.2, 0.25) is 0 Å². The monoisotopic (exact) mass is 324 g/mol. The van der Waals surface area contributed by atoms with E-state index in [9.17, 15) is 18.7 Å². The lowest BCUT2D eigenvalue weighted by atomic mass is 10.0. The van der Waals surface area contributed by atoms with Gasteiger partial charge in [0.05, 0.1) is 0 Å². The second-order valence-electron chi connectivity index (χ2n) is 6.53. The first kappa shape index (κ1) is 16.2. The predicted octanol–water partition coefficient (Wildman–Crippen LogP) is 3.20.